The van der Waals surface area contributed by atoms with Gasteiger partial charge in [-0.1, -0.05) is 25.8 Å². The van der Waals surface area contributed by atoms with E-state index in [-0.39, 0.29) is 5.82 Å². The third-order valence-electron chi connectivity index (χ3n) is 3.32. The van der Waals surface area contributed by atoms with Crippen molar-refractivity contribution in [2.75, 3.05) is 0 Å². The van der Waals surface area contributed by atoms with E-state index in [2.05, 4.69) is 6.92 Å². The van der Waals surface area contributed by atoms with Gasteiger partial charge in [0.1, 0.15) is 5.82 Å². The molecule has 0 bridgehead atoms. The van der Waals surface area contributed by atoms with Crippen LogP contribution in [-0.4, -0.2) is 5.11 Å². The summed E-state index contributed by atoms with van der Waals surface area (Å²) in [6.07, 6.45) is 4.44. The van der Waals surface area contributed by atoms with Gasteiger partial charge in [-0.3, -0.25) is 0 Å². The number of aryl methyl sites for hydroxylation is 1. The lowest BCUT2D eigenvalue weighted by atomic mass is 9.90. The van der Waals surface area contributed by atoms with Crippen LogP contribution in [0.1, 0.15) is 43.7 Å². The Morgan fingerprint density at radius 2 is 2.27 bits per heavy atom. The molecule has 2 heteroatoms. The molecule has 1 N–H and O–H groups in total. The van der Waals surface area contributed by atoms with E-state index in [1.165, 1.54) is 6.07 Å². The van der Waals surface area contributed by atoms with Crippen LogP contribution in [0.4, 0.5) is 4.39 Å². The van der Waals surface area contributed by atoms with Gasteiger partial charge in [0, 0.05) is 0 Å². The quantitative estimate of drug-likeness (QED) is 0.809. The first-order chi connectivity index (χ1) is 7.15. The molecule has 0 saturated heterocycles. The van der Waals surface area contributed by atoms with Gasteiger partial charge in [-0.25, -0.2) is 4.39 Å². The van der Waals surface area contributed by atoms with E-state index < -0.39 is 5.60 Å². The molecule has 0 spiro atoms. The fourth-order valence-corrected chi connectivity index (χ4v) is 2.43. The molecule has 0 aliphatic heterocycles. The van der Waals surface area contributed by atoms with Gasteiger partial charge < -0.3 is 5.11 Å². The molecule has 15 heavy (non-hydrogen) atoms. The van der Waals surface area contributed by atoms with E-state index in [4.69, 9.17) is 0 Å². The van der Waals surface area contributed by atoms with Crippen molar-refractivity contribution < 1.29 is 9.50 Å². The number of rotatable bonds is 3. The number of unbranched alkanes of at least 4 members (excludes halogenated alkanes) is 1. The fourth-order valence-electron chi connectivity index (χ4n) is 2.43. The SMILES string of the molecule is CCCCC1(O)CCc2cc(F)ccc21. The van der Waals surface area contributed by atoms with E-state index in [1.54, 1.807) is 12.1 Å². The van der Waals surface area contributed by atoms with Crippen molar-refractivity contribution in [1.82, 2.24) is 0 Å². The summed E-state index contributed by atoms with van der Waals surface area (Å²) in [5.74, 6) is -0.200. The van der Waals surface area contributed by atoms with Crippen molar-refractivity contribution in [2.45, 2.75) is 44.6 Å². The maximum Gasteiger partial charge on any atom is 0.123 e. The highest BCUT2D eigenvalue weighted by atomic mass is 19.1. The monoisotopic (exact) mass is 208 g/mol. The molecule has 1 aromatic rings. The Balaban J connectivity index is 2.27. The molecule has 0 saturated carbocycles. The van der Waals surface area contributed by atoms with Crippen molar-refractivity contribution in [3.63, 3.8) is 0 Å². The smallest absolute Gasteiger partial charge is 0.123 e. The zero-order valence-electron chi connectivity index (χ0n) is 9.09. The second kappa shape index (κ2) is 3.93. The second-order valence-corrected chi connectivity index (χ2v) is 4.44. The normalized spacial score (nSPS) is 24.2. The van der Waals surface area contributed by atoms with Crippen molar-refractivity contribution in [1.29, 1.82) is 0 Å². The van der Waals surface area contributed by atoms with Gasteiger partial charge in [0.15, 0.2) is 0 Å². The minimum absolute atomic E-state index is 0.200. The highest BCUT2D eigenvalue weighted by molar-refractivity contribution is 5.37. The van der Waals surface area contributed by atoms with E-state index in [0.717, 1.165) is 43.2 Å². The van der Waals surface area contributed by atoms with Crippen LogP contribution < -0.4 is 0 Å². The summed E-state index contributed by atoms with van der Waals surface area (Å²) in [5.41, 5.74) is 1.23. The van der Waals surface area contributed by atoms with Crippen molar-refractivity contribution in [3.05, 3.63) is 35.1 Å². The molecular formula is C13H17FO. The van der Waals surface area contributed by atoms with Crippen LogP contribution in [0.15, 0.2) is 18.2 Å². The summed E-state index contributed by atoms with van der Waals surface area (Å²) >= 11 is 0. The highest BCUT2D eigenvalue weighted by Gasteiger charge is 2.35. The maximum absolute atomic E-state index is 13.0. The van der Waals surface area contributed by atoms with Crippen LogP contribution in [0.2, 0.25) is 0 Å². The standard InChI is InChI=1S/C13H17FO/c1-2-3-7-13(15)8-6-10-9-11(14)4-5-12(10)13/h4-5,9,15H,2-3,6-8H2,1H3. The summed E-state index contributed by atoms with van der Waals surface area (Å²) in [7, 11) is 0. The average molecular weight is 208 g/mol. The minimum atomic E-state index is -0.695. The maximum atomic E-state index is 13.0. The lowest BCUT2D eigenvalue weighted by molar-refractivity contribution is 0.0272. The van der Waals surface area contributed by atoms with Gasteiger partial charge >= 0.3 is 0 Å². The average Bonchev–Trinajstić information content (AvgIpc) is 2.54. The van der Waals surface area contributed by atoms with Crippen LogP contribution in [0.5, 0.6) is 0 Å². The van der Waals surface area contributed by atoms with E-state index in [0.29, 0.717) is 0 Å². The van der Waals surface area contributed by atoms with Crippen molar-refractivity contribution in [2.24, 2.45) is 0 Å². The first kappa shape index (κ1) is 10.6. The molecule has 0 fully saturated rings. The third kappa shape index (κ3) is 1.91. The molecule has 0 heterocycles. The zero-order valence-corrected chi connectivity index (χ0v) is 9.09. The first-order valence-corrected chi connectivity index (χ1v) is 5.67. The molecule has 0 radical (unpaired) electrons. The number of hydrogen-bond donors (Lipinski definition) is 1. The number of fused-ring (bicyclic) bond motifs is 1. The molecule has 1 atom stereocenters. The van der Waals surface area contributed by atoms with Gasteiger partial charge in [-0.05, 0) is 42.5 Å². The van der Waals surface area contributed by atoms with E-state index >= 15 is 0 Å². The van der Waals surface area contributed by atoms with Crippen LogP contribution in [-0.2, 0) is 12.0 Å². The van der Waals surface area contributed by atoms with Crippen LogP contribution in [0.25, 0.3) is 0 Å². The largest absolute Gasteiger partial charge is 0.385 e. The molecule has 82 valence electrons. The van der Waals surface area contributed by atoms with Gasteiger partial charge in [0.05, 0.1) is 5.60 Å². The number of benzene rings is 1. The molecule has 0 amide bonds. The van der Waals surface area contributed by atoms with Crippen LogP contribution in [0.3, 0.4) is 0 Å². The van der Waals surface area contributed by atoms with E-state index in [9.17, 15) is 9.50 Å². The topological polar surface area (TPSA) is 20.2 Å². The fraction of sp³-hybridized carbons (Fsp3) is 0.538. The van der Waals surface area contributed by atoms with Crippen molar-refractivity contribution in [3.8, 4) is 0 Å². The third-order valence-corrected chi connectivity index (χ3v) is 3.32. The summed E-state index contributed by atoms with van der Waals surface area (Å²) in [6, 6.07) is 4.74. The molecule has 1 aliphatic rings. The Morgan fingerprint density at radius 1 is 1.47 bits per heavy atom. The Bertz CT molecular complexity index is 362. The summed E-state index contributed by atoms with van der Waals surface area (Å²) in [5, 5.41) is 10.4. The van der Waals surface area contributed by atoms with Gasteiger partial charge in [-0.15, -0.1) is 0 Å². The summed E-state index contributed by atoms with van der Waals surface area (Å²) in [4.78, 5) is 0. The lowest BCUT2D eigenvalue weighted by Crippen LogP contribution is -2.21. The number of aliphatic hydroxyl groups is 1. The molecular weight excluding hydrogens is 191 g/mol. The lowest BCUT2D eigenvalue weighted by Gasteiger charge is -2.23. The first-order valence-electron chi connectivity index (χ1n) is 5.67. The zero-order chi connectivity index (χ0) is 10.9. The number of halogens is 1. The highest BCUT2D eigenvalue weighted by Crippen LogP contribution is 2.40. The molecule has 0 aromatic heterocycles. The minimum Gasteiger partial charge on any atom is -0.385 e. The van der Waals surface area contributed by atoms with E-state index in [1.807, 2.05) is 0 Å². The molecule has 1 aromatic carbocycles. The Labute approximate surface area is 89.9 Å². The van der Waals surface area contributed by atoms with Crippen LogP contribution in [0, 0.1) is 5.82 Å². The Kier molecular flexibility index (Phi) is 2.79. The molecule has 1 aliphatic carbocycles. The Hall–Kier alpha value is -0.890. The predicted molar refractivity (Wildman–Crippen MR) is 58.1 cm³/mol. The Morgan fingerprint density at radius 3 is 3.00 bits per heavy atom. The van der Waals surface area contributed by atoms with Crippen molar-refractivity contribution >= 4 is 0 Å². The summed E-state index contributed by atoms with van der Waals surface area (Å²) in [6.45, 7) is 2.11. The summed E-state index contributed by atoms with van der Waals surface area (Å²) < 4.78 is 13.0. The molecule has 2 rings (SSSR count). The predicted octanol–water partition coefficient (Wildman–Crippen LogP) is 3.15. The van der Waals surface area contributed by atoms with Gasteiger partial charge in [-0.2, -0.15) is 0 Å². The van der Waals surface area contributed by atoms with Gasteiger partial charge in [0.25, 0.3) is 0 Å². The number of hydrogen-bond acceptors (Lipinski definition) is 1. The van der Waals surface area contributed by atoms with Gasteiger partial charge in [0.2, 0.25) is 0 Å². The molecule has 1 nitrogen and oxygen atoms in total. The second-order valence-electron chi connectivity index (χ2n) is 4.44. The molecule has 1 unspecified atom stereocenters. The van der Waals surface area contributed by atoms with Crippen LogP contribution >= 0.6 is 0 Å².